The van der Waals surface area contributed by atoms with E-state index < -0.39 is 32.5 Å². The SMILES string of the molecule is CC/C=C/C/C=C/C/C=C/C/C=C/C/C=C/C/C=C/CCC(=O)O[C@H](COC(=O)CCCCCCC/C=C/CCCCCCCC)COP(=O)(O)OCCN. The Morgan fingerprint density at radius 1 is 0.564 bits per heavy atom. The zero-order chi connectivity index (χ0) is 40.3. The molecule has 3 N–H and O–H groups in total. The van der Waals surface area contributed by atoms with Gasteiger partial charge in [-0.3, -0.25) is 18.6 Å². The van der Waals surface area contributed by atoms with E-state index in [0.29, 0.717) is 12.8 Å². The van der Waals surface area contributed by atoms with Gasteiger partial charge in [0.2, 0.25) is 0 Å². The monoisotopic (exact) mass is 790 g/mol. The molecule has 10 heteroatoms. The molecule has 0 aromatic heterocycles. The highest BCUT2D eigenvalue weighted by molar-refractivity contribution is 7.47. The van der Waals surface area contributed by atoms with Crippen LogP contribution in [0.25, 0.3) is 0 Å². The fraction of sp³-hybridized carbons (Fsp3) is 0.644. The molecule has 0 spiro atoms. The number of ether oxygens (including phenoxy) is 2. The van der Waals surface area contributed by atoms with Crippen molar-refractivity contribution in [3.05, 3.63) is 85.1 Å². The van der Waals surface area contributed by atoms with Crippen molar-refractivity contribution < 1.29 is 37.6 Å². The van der Waals surface area contributed by atoms with Gasteiger partial charge in [-0.2, -0.15) is 0 Å². The molecule has 0 rings (SSSR count). The number of hydrogen-bond donors (Lipinski definition) is 2. The van der Waals surface area contributed by atoms with E-state index in [1.165, 1.54) is 44.9 Å². The summed E-state index contributed by atoms with van der Waals surface area (Å²) in [5.74, 6) is -0.944. The summed E-state index contributed by atoms with van der Waals surface area (Å²) >= 11 is 0. The number of unbranched alkanes of at least 4 members (excludes halogenated alkanes) is 11. The molecule has 55 heavy (non-hydrogen) atoms. The zero-order valence-corrected chi connectivity index (χ0v) is 35.3. The Hall–Kier alpha value is -2.81. The minimum absolute atomic E-state index is 0.0366. The molecule has 0 aromatic rings. The van der Waals surface area contributed by atoms with E-state index in [4.69, 9.17) is 24.3 Å². The Morgan fingerprint density at radius 2 is 1.04 bits per heavy atom. The second-order valence-corrected chi connectivity index (χ2v) is 14.9. The summed E-state index contributed by atoms with van der Waals surface area (Å²) in [6.07, 6.45) is 50.6. The van der Waals surface area contributed by atoms with E-state index in [9.17, 15) is 19.0 Å². The fourth-order valence-electron chi connectivity index (χ4n) is 5.18. The first-order valence-corrected chi connectivity index (χ1v) is 22.6. The third-order valence-electron chi connectivity index (χ3n) is 8.28. The van der Waals surface area contributed by atoms with Gasteiger partial charge in [-0.25, -0.2) is 4.57 Å². The smallest absolute Gasteiger partial charge is 0.462 e. The standard InChI is InChI=1S/C45H76NO8P/c1-3-5-7-9-11-13-15-17-19-20-21-22-24-26-28-30-32-34-36-38-45(48)54-43(42-53-55(49,50)52-40-39-46)41-51-44(47)37-35-33-31-29-27-25-23-18-16-14-12-10-8-6-4-2/h5,7,11,13,17-19,21-23,26,28,32,34,43H,3-4,6,8-10,12,14-16,20,24-25,27,29-31,33,35-42,46H2,1-2H3,(H,49,50)/b7-5+,13-11+,19-17+,22-21+,23-18+,28-26+,34-32+/t43-/m1/s1. The lowest BCUT2D eigenvalue weighted by Gasteiger charge is -2.19. The number of phosphoric acid groups is 1. The van der Waals surface area contributed by atoms with E-state index in [-0.39, 0.29) is 32.6 Å². The van der Waals surface area contributed by atoms with Gasteiger partial charge in [0.05, 0.1) is 13.2 Å². The van der Waals surface area contributed by atoms with Crippen LogP contribution in [0.15, 0.2) is 85.1 Å². The number of carbonyl (C=O) groups is 2. The first kappa shape index (κ1) is 52.2. The molecular weight excluding hydrogens is 713 g/mol. The first-order valence-electron chi connectivity index (χ1n) is 21.1. The van der Waals surface area contributed by atoms with Crippen molar-refractivity contribution >= 4 is 19.8 Å². The molecule has 0 aliphatic heterocycles. The molecule has 9 nitrogen and oxygen atoms in total. The zero-order valence-electron chi connectivity index (χ0n) is 34.4. The van der Waals surface area contributed by atoms with Gasteiger partial charge in [0.15, 0.2) is 6.10 Å². The van der Waals surface area contributed by atoms with Crippen molar-refractivity contribution in [2.75, 3.05) is 26.4 Å². The fourth-order valence-corrected chi connectivity index (χ4v) is 5.95. The number of hydrogen-bond acceptors (Lipinski definition) is 8. The maximum atomic E-state index is 12.5. The topological polar surface area (TPSA) is 134 Å². The van der Waals surface area contributed by atoms with Crippen LogP contribution < -0.4 is 5.73 Å². The van der Waals surface area contributed by atoms with Crippen molar-refractivity contribution in [3.63, 3.8) is 0 Å². The summed E-state index contributed by atoms with van der Waals surface area (Å²) in [5.41, 5.74) is 5.34. The molecule has 0 amide bonds. The quantitative estimate of drug-likeness (QED) is 0.0271. The van der Waals surface area contributed by atoms with E-state index >= 15 is 0 Å². The van der Waals surface area contributed by atoms with E-state index in [1.807, 2.05) is 12.2 Å². The van der Waals surface area contributed by atoms with Crippen LogP contribution in [0.4, 0.5) is 0 Å². The predicted molar refractivity (Wildman–Crippen MR) is 229 cm³/mol. The number of esters is 2. The van der Waals surface area contributed by atoms with Crippen molar-refractivity contribution in [3.8, 4) is 0 Å². The number of phosphoric ester groups is 1. The minimum atomic E-state index is -4.40. The normalized spacial score (nSPS) is 14.2. The molecule has 2 atom stereocenters. The van der Waals surface area contributed by atoms with Gasteiger partial charge in [0, 0.05) is 19.4 Å². The van der Waals surface area contributed by atoms with Gasteiger partial charge in [0.1, 0.15) is 6.61 Å². The summed E-state index contributed by atoms with van der Waals surface area (Å²) in [6.45, 7) is 3.49. The maximum absolute atomic E-state index is 12.5. The molecule has 314 valence electrons. The Balaban J connectivity index is 4.34. The molecule has 0 saturated carbocycles. The van der Waals surface area contributed by atoms with Gasteiger partial charge >= 0.3 is 19.8 Å². The summed E-state index contributed by atoms with van der Waals surface area (Å²) in [4.78, 5) is 34.8. The largest absolute Gasteiger partial charge is 0.472 e. The lowest BCUT2D eigenvalue weighted by Crippen LogP contribution is -2.29. The summed E-state index contributed by atoms with van der Waals surface area (Å²) in [7, 11) is -4.40. The highest BCUT2D eigenvalue weighted by Crippen LogP contribution is 2.43. The van der Waals surface area contributed by atoms with Gasteiger partial charge in [-0.05, 0) is 77.0 Å². The summed E-state index contributed by atoms with van der Waals surface area (Å²) in [5, 5.41) is 0. The third-order valence-corrected chi connectivity index (χ3v) is 9.26. The first-order chi connectivity index (χ1) is 26.8. The van der Waals surface area contributed by atoms with Gasteiger partial charge in [0.25, 0.3) is 0 Å². The van der Waals surface area contributed by atoms with Crippen LogP contribution in [0.3, 0.4) is 0 Å². The number of nitrogens with two attached hydrogens (primary N) is 1. The molecule has 0 radical (unpaired) electrons. The van der Waals surface area contributed by atoms with E-state index in [1.54, 1.807) is 0 Å². The van der Waals surface area contributed by atoms with Crippen LogP contribution in [0.1, 0.15) is 155 Å². The van der Waals surface area contributed by atoms with Gasteiger partial charge in [-0.1, -0.05) is 150 Å². The van der Waals surface area contributed by atoms with Crippen LogP contribution in [0, 0.1) is 0 Å². The second kappa shape index (κ2) is 40.8. The van der Waals surface area contributed by atoms with Crippen LogP contribution in [0.5, 0.6) is 0 Å². The molecule has 0 aliphatic carbocycles. The lowest BCUT2D eigenvalue weighted by atomic mass is 10.1. The van der Waals surface area contributed by atoms with Crippen LogP contribution in [-0.4, -0.2) is 49.3 Å². The molecule has 0 heterocycles. The van der Waals surface area contributed by atoms with Crippen LogP contribution in [0.2, 0.25) is 0 Å². The Morgan fingerprint density at radius 3 is 1.56 bits per heavy atom. The van der Waals surface area contributed by atoms with Gasteiger partial charge < -0.3 is 20.1 Å². The van der Waals surface area contributed by atoms with E-state index in [0.717, 1.165) is 70.6 Å². The lowest BCUT2D eigenvalue weighted by molar-refractivity contribution is -0.161. The van der Waals surface area contributed by atoms with Crippen molar-refractivity contribution in [2.24, 2.45) is 5.73 Å². The third kappa shape index (κ3) is 40.7. The van der Waals surface area contributed by atoms with E-state index in [2.05, 4.69) is 86.8 Å². The maximum Gasteiger partial charge on any atom is 0.472 e. The van der Waals surface area contributed by atoms with Crippen LogP contribution >= 0.6 is 7.82 Å². The van der Waals surface area contributed by atoms with Crippen molar-refractivity contribution in [1.82, 2.24) is 0 Å². The van der Waals surface area contributed by atoms with Crippen LogP contribution in [-0.2, 0) is 32.7 Å². The summed E-state index contributed by atoms with van der Waals surface area (Å²) < 4.78 is 32.6. The number of carbonyl (C=O) groups excluding carboxylic acids is 2. The second-order valence-electron chi connectivity index (χ2n) is 13.5. The molecule has 1 unspecified atom stereocenters. The number of rotatable bonds is 38. The predicted octanol–water partition coefficient (Wildman–Crippen LogP) is 12.0. The molecule has 0 aromatic carbocycles. The van der Waals surface area contributed by atoms with Gasteiger partial charge in [-0.15, -0.1) is 0 Å². The molecule has 0 saturated heterocycles. The average molecular weight is 790 g/mol. The average Bonchev–Trinajstić information content (AvgIpc) is 3.17. The molecule has 0 bridgehead atoms. The number of allylic oxidation sites excluding steroid dienone is 14. The molecular formula is C45H76NO8P. The van der Waals surface area contributed by atoms with Crippen molar-refractivity contribution in [1.29, 1.82) is 0 Å². The molecule has 0 fully saturated rings. The Kier molecular flexibility index (Phi) is 38.8. The van der Waals surface area contributed by atoms with Crippen molar-refractivity contribution in [2.45, 2.75) is 161 Å². The summed E-state index contributed by atoms with van der Waals surface area (Å²) in [6, 6.07) is 0. The Labute approximate surface area is 334 Å². The molecule has 0 aliphatic rings. The highest BCUT2D eigenvalue weighted by Gasteiger charge is 2.25. The minimum Gasteiger partial charge on any atom is -0.462 e. The Bertz CT molecular complexity index is 1170. The highest BCUT2D eigenvalue weighted by atomic mass is 31.2.